The van der Waals surface area contributed by atoms with Gasteiger partial charge in [-0.25, -0.2) is 19.6 Å². The molecule has 4 aromatic rings. The SMILES string of the molecule is O.O.O=C(O)c1ccc2cccc(O)c2n1.O=C(O)c1ccc2cccc(O)c2n1.[Zn]. The summed E-state index contributed by atoms with van der Waals surface area (Å²) in [6, 6.07) is 15.9. The van der Waals surface area contributed by atoms with Crippen molar-refractivity contribution in [2.75, 3.05) is 0 Å². The number of carboxylic acids is 2. The van der Waals surface area contributed by atoms with Crippen LogP contribution < -0.4 is 0 Å². The number of pyridine rings is 2. The van der Waals surface area contributed by atoms with Gasteiger partial charge in [-0.1, -0.05) is 36.4 Å². The fourth-order valence-corrected chi connectivity index (χ4v) is 2.50. The molecule has 0 spiro atoms. The van der Waals surface area contributed by atoms with Crippen LogP contribution in [0.4, 0.5) is 0 Å². The molecule has 2 aromatic heterocycles. The van der Waals surface area contributed by atoms with Gasteiger partial charge in [-0.15, -0.1) is 0 Å². The molecule has 10 nitrogen and oxygen atoms in total. The maximum absolute atomic E-state index is 10.6. The van der Waals surface area contributed by atoms with Crippen molar-refractivity contribution in [1.29, 1.82) is 0 Å². The van der Waals surface area contributed by atoms with Gasteiger partial charge in [-0.05, 0) is 24.3 Å². The van der Waals surface area contributed by atoms with Crippen LogP contribution in [-0.2, 0) is 19.5 Å². The average molecular weight is 480 g/mol. The molecule has 2 heterocycles. The van der Waals surface area contributed by atoms with Gasteiger partial charge in [0.1, 0.15) is 33.9 Å². The molecule has 2 aromatic carbocycles. The summed E-state index contributed by atoms with van der Waals surface area (Å²) in [5, 5.41) is 37.7. The van der Waals surface area contributed by atoms with Crippen LogP contribution in [0.25, 0.3) is 21.8 Å². The van der Waals surface area contributed by atoms with Crippen molar-refractivity contribution in [2.45, 2.75) is 0 Å². The Morgan fingerprint density at radius 3 is 1.29 bits per heavy atom. The van der Waals surface area contributed by atoms with Gasteiger partial charge in [0.25, 0.3) is 0 Å². The number of aromatic nitrogens is 2. The Kier molecular flexibility index (Phi) is 10.2. The van der Waals surface area contributed by atoms with Gasteiger partial charge in [-0.3, -0.25) is 0 Å². The second-order valence-electron chi connectivity index (χ2n) is 5.70. The molecule has 31 heavy (non-hydrogen) atoms. The first-order valence-corrected chi connectivity index (χ1v) is 8.01. The van der Waals surface area contributed by atoms with E-state index >= 15 is 0 Å². The van der Waals surface area contributed by atoms with Crippen LogP contribution in [0.5, 0.6) is 11.5 Å². The molecule has 0 amide bonds. The molecule has 0 bridgehead atoms. The first kappa shape index (κ1) is 27.3. The van der Waals surface area contributed by atoms with E-state index in [1.165, 1.54) is 24.3 Å². The molecule has 4 rings (SSSR count). The Labute approximate surface area is 187 Å². The van der Waals surface area contributed by atoms with Crippen molar-refractivity contribution in [3.8, 4) is 11.5 Å². The predicted octanol–water partition coefficient (Wildman–Crippen LogP) is 1.63. The Morgan fingerprint density at radius 2 is 0.968 bits per heavy atom. The first-order chi connectivity index (χ1) is 13.4. The van der Waals surface area contributed by atoms with Crippen LogP contribution >= 0.6 is 0 Å². The molecule has 0 saturated carbocycles. The van der Waals surface area contributed by atoms with E-state index in [0.29, 0.717) is 11.0 Å². The number of hydrogen-bond donors (Lipinski definition) is 4. The quantitative estimate of drug-likeness (QED) is 0.310. The number of phenolic OH excluding ortho intramolecular Hbond substituents is 2. The topological polar surface area (TPSA) is 204 Å². The van der Waals surface area contributed by atoms with E-state index < -0.39 is 11.9 Å². The number of phenols is 2. The van der Waals surface area contributed by atoms with Crippen LogP contribution in [0.3, 0.4) is 0 Å². The number of hydrogen-bond acceptors (Lipinski definition) is 6. The fraction of sp³-hybridized carbons (Fsp3) is 0. The zero-order valence-electron chi connectivity index (χ0n) is 16.0. The second-order valence-corrected chi connectivity index (χ2v) is 5.70. The van der Waals surface area contributed by atoms with Crippen molar-refractivity contribution in [3.05, 3.63) is 72.1 Å². The number of para-hydroxylation sites is 2. The third-order valence-corrected chi connectivity index (χ3v) is 3.84. The molecule has 11 heteroatoms. The zero-order valence-corrected chi connectivity index (χ0v) is 18.9. The third-order valence-electron chi connectivity index (χ3n) is 3.84. The van der Waals surface area contributed by atoms with E-state index in [1.807, 2.05) is 0 Å². The van der Waals surface area contributed by atoms with E-state index in [4.69, 9.17) is 10.2 Å². The second kappa shape index (κ2) is 11.5. The zero-order chi connectivity index (χ0) is 20.3. The minimum Gasteiger partial charge on any atom is -0.506 e. The number of carboxylic acid groups (broad SMARTS) is 2. The van der Waals surface area contributed by atoms with Crippen molar-refractivity contribution < 1.29 is 60.4 Å². The van der Waals surface area contributed by atoms with Gasteiger partial charge in [-0.2, -0.15) is 0 Å². The van der Waals surface area contributed by atoms with Crippen molar-refractivity contribution in [3.63, 3.8) is 0 Å². The van der Waals surface area contributed by atoms with Crippen LogP contribution in [-0.4, -0.2) is 53.3 Å². The van der Waals surface area contributed by atoms with E-state index in [9.17, 15) is 19.8 Å². The van der Waals surface area contributed by atoms with Gasteiger partial charge in [0, 0.05) is 30.3 Å². The molecule has 0 saturated heterocycles. The molecule has 0 aliphatic carbocycles. The van der Waals surface area contributed by atoms with Crippen molar-refractivity contribution in [2.24, 2.45) is 0 Å². The van der Waals surface area contributed by atoms with E-state index in [2.05, 4.69) is 9.97 Å². The molecular formula is C20H18N2O8Zn. The maximum Gasteiger partial charge on any atom is 0.354 e. The predicted molar refractivity (Wildman–Crippen MR) is 108 cm³/mol. The molecule has 0 radical (unpaired) electrons. The van der Waals surface area contributed by atoms with Gasteiger partial charge >= 0.3 is 11.9 Å². The van der Waals surface area contributed by atoms with Crippen LogP contribution in [0, 0.1) is 0 Å². The summed E-state index contributed by atoms with van der Waals surface area (Å²) < 4.78 is 0. The summed E-state index contributed by atoms with van der Waals surface area (Å²) >= 11 is 0. The number of carbonyl (C=O) groups is 2. The van der Waals surface area contributed by atoms with E-state index in [-0.39, 0.29) is 53.3 Å². The first-order valence-electron chi connectivity index (χ1n) is 8.01. The van der Waals surface area contributed by atoms with Crippen molar-refractivity contribution in [1.82, 2.24) is 9.97 Å². The average Bonchev–Trinajstić information content (AvgIpc) is 2.68. The van der Waals surface area contributed by atoms with Crippen LogP contribution in [0.1, 0.15) is 21.0 Å². The summed E-state index contributed by atoms with van der Waals surface area (Å²) in [5.41, 5.74) is 0.484. The third kappa shape index (κ3) is 6.16. The standard InChI is InChI=1S/2C10H7NO3.2H2O.Zn/c2*12-8-3-1-2-6-4-5-7(10(13)14)11-9(6)8;;;/h2*1-5,12H,(H,13,14);2*1H2;. The molecule has 0 unspecified atom stereocenters. The number of nitrogens with zero attached hydrogens (tertiary/aromatic N) is 2. The minimum atomic E-state index is -1.10. The normalized spacial score (nSPS) is 9.29. The molecule has 0 aliphatic rings. The molecule has 158 valence electrons. The monoisotopic (exact) mass is 478 g/mol. The minimum absolute atomic E-state index is 0. The summed E-state index contributed by atoms with van der Waals surface area (Å²) in [4.78, 5) is 28.9. The number of rotatable bonds is 2. The maximum atomic E-state index is 10.6. The van der Waals surface area contributed by atoms with E-state index in [1.54, 1.807) is 36.4 Å². The summed E-state index contributed by atoms with van der Waals surface area (Å²) in [7, 11) is 0. The number of benzene rings is 2. The summed E-state index contributed by atoms with van der Waals surface area (Å²) in [6.45, 7) is 0. The Bertz CT molecular complexity index is 1120. The number of aromatic hydroxyl groups is 2. The van der Waals surface area contributed by atoms with E-state index in [0.717, 1.165) is 10.8 Å². The fourth-order valence-electron chi connectivity index (χ4n) is 2.50. The molecule has 0 atom stereocenters. The molecule has 0 fully saturated rings. The van der Waals surface area contributed by atoms with Crippen LogP contribution in [0.2, 0.25) is 0 Å². The van der Waals surface area contributed by atoms with Gasteiger partial charge < -0.3 is 31.4 Å². The smallest absolute Gasteiger partial charge is 0.354 e. The Balaban J connectivity index is 0.000000529. The molecule has 8 N–H and O–H groups in total. The van der Waals surface area contributed by atoms with Crippen molar-refractivity contribution >= 4 is 33.7 Å². The molecular weight excluding hydrogens is 462 g/mol. The summed E-state index contributed by atoms with van der Waals surface area (Å²) in [6.07, 6.45) is 0. The van der Waals surface area contributed by atoms with Gasteiger partial charge in [0.05, 0.1) is 0 Å². The molecule has 0 aliphatic heterocycles. The Hall–Kier alpha value is -3.66. The number of aromatic carboxylic acids is 2. The largest absolute Gasteiger partial charge is 0.506 e. The van der Waals surface area contributed by atoms with Crippen LogP contribution in [0.15, 0.2) is 60.7 Å². The Morgan fingerprint density at radius 1 is 0.613 bits per heavy atom. The number of fused-ring (bicyclic) bond motifs is 2. The summed E-state index contributed by atoms with van der Waals surface area (Å²) in [5.74, 6) is -2.22. The van der Waals surface area contributed by atoms with Gasteiger partial charge in [0.2, 0.25) is 0 Å². The van der Waals surface area contributed by atoms with Gasteiger partial charge in [0.15, 0.2) is 0 Å².